The summed E-state index contributed by atoms with van der Waals surface area (Å²) in [5.74, 6) is 0.115. The number of carbonyl (C=O) groups is 1. The van der Waals surface area contributed by atoms with E-state index >= 15 is 0 Å². The molecule has 0 bridgehead atoms. The highest BCUT2D eigenvalue weighted by molar-refractivity contribution is 5.86. The van der Waals surface area contributed by atoms with Crippen molar-refractivity contribution in [1.82, 2.24) is 10.2 Å². The first-order chi connectivity index (χ1) is 9.29. The molecule has 5 nitrogen and oxygen atoms in total. The molecule has 0 unspecified atom stereocenters. The van der Waals surface area contributed by atoms with Crippen LogP contribution in [0.5, 0.6) is 0 Å². The fourth-order valence-corrected chi connectivity index (χ4v) is 3.21. The molecule has 5 heteroatoms. The van der Waals surface area contributed by atoms with Crippen LogP contribution in [0.2, 0.25) is 0 Å². The van der Waals surface area contributed by atoms with Gasteiger partial charge >= 0.3 is 0 Å². The molecule has 0 aromatic heterocycles. The molecule has 2 fully saturated rings. The molecule has 106 valence electrons. The van der Waals surface area contributed by atoms with E-state index in [4.69, 9.17) is 10.00 Å². The van der Waals surface area contributed by atoms with Crippen LogP contribution in [0.3, 0.4) is 0 Å². The van der Waals surface area contributed by atoms with Gasteiger partial charge < -0.3 is 10.1 Å². The van der Waals surface area contributed by atoms with Crippen molar-refractivity contribution >= 4 is 5.91 Å². The second-order valence-electron chi connectivity index (χ2n) is 5.36. The Morgan fingerprint density at radius 2 is 1.95 bits per heavy atom. The van der Waals surface area contributed by atoms with Crippen LogP contribution in [0.15, 0.2) is 0 Å². The summed E-state index contributed by atoms with van der Waals surface area (Å²) in [7, 11) is 0. The summed E-state index contributed by atoms with van der Waals surface area (Å²) < 4.78 is 5.40. The molecule has 0 atom stereocenters. The Kier molecular flexibility index (Phi) is 5.17. The number of hydrogen-bond acceptors (Lipinski definition) is 4. The number of amides is 1. The van der Waals surface area contributed by atoms with Crippen molar-refractivity contribution in [3.05, 3.63) is 0 Å². The number of ether oxygens (including phenoxy) is 1. The number of nitrogens with zero attached hydrogens (tertiary/aromatic N) is 2. The van der Waals surface area contributed by atoms with Crippen molar-refractivity contribution in [2.75, 3.05) is 32.8 Å². The molecule has 1 heterocycles. The van der Waals surface area contributed by atoms with Crippen LogP contribution in [-0.4, -0.2) is 49.2 Å². The number of hydrogen-bond donors (Lipinski definition) is 1. The summed E-state index contributed by atoms with van der Waals surface area (Å²) in [4.78, 5) is 14.9. The first-order valence-corrected chi connectivity index (χ1v) is 7.28. The standard InChI is InChI=1S/C14H23N3O2/c15-7-4-8-16-13(18)14(5-2-1-3-6-14)17-9-11-19-12-10-17/h1-6,8-12H2,(H,16,18). The van der Waals surface area contributed by atoms with E-state index in [1.807, 2.05) is 0 Å². The zero-order chi connectivity index (χ0) is 13.6. The normalized spacial score (nSPS) is 23.5. The average molecular weight is 265 g/mol. The fraction of sp³-hybridized carbons (Fsp3) is 0.857. The van der Waals surface area contributed by atoms with Gasteiger partial charge in [0.15, 0.2) is 0 Å². The maximum atomic E-state index is 12.6. The third-order valence-corrected chi connectivity index (χ3v) is 4.24. The van der Waals surface area contributed by atoms with Crippen LogP contribution >= 0.6 is 0 Å². The highest BCUT2D eigenvalue weighted by Gasteiger charge is 2.44. The summed E-state index contributed by atoms with van der Waals surface area (Å²) in [6, 6.07) is 2.07. The Bertz CT molecular complexity index is 339. The summed E-state index contributed by atoms with van der Waals surface area (Å²) >= 11 is 0. The van der Waals surface area contributed by atoms with E-state index in [2.05, 4.69) is 16.3 Å². The minimum absolute atomic E-state index is 0.115. The lowest BCUT2D eigenvalue weighted by atomic mass is 9.79. The Morgan fingerprint density at radius 1 is 1.26 bits per heavy atom. The van der Waals surface area contributed by atoms with E-state index in [1.54, 1.807) is 0 Å². The number of carbonyl (C=O) groups excluding carboxylic acids is 1. The van der Waals surface area contributed by atoms with Crippen molar-refractivity contribution in [2.24, 2.45) is 0 Å². The Hall–Kier alpha value is -1.12. The smallest absolute Gasteiger partial charge is 0.240 e. The quantitative estimate of drug-likeness (QED) is 0.772. The van der Waals surface area contributed by atoms with Gasteiger partial charge in [0.25, 0.3) is 0 Å². The highest BCUT2D eigenvalue weighted by atomic mass is 16.5. The molecule has 2 rings (SSSR count). The summed E-state index contributed by atoms with van der Waals surface area (Å²) in [5.41, 5.74) is -0.350. The summed E-state index contributed by atoms with van der Waals surface area (Å²) in [6.45, 7) is 3.57. The predicted molar refractivity (Wildman–Crippen MR) is 71.4 cm³/mol. The van der Waals surface area contributed by atoms with Gasteiger partial charge in [-0.25, -0.2) is 0 Å². The first-order valence-electron chi connectivity index (χ1n) is 7.28. The molecule has 0 radical (unpaired) electrons. The SMILES string of the molecule is N#CCCNC(=O)C1(N2CCOCC2)CCCCC1. The van der Waals surface area contributed by atoms with Gasteiger partial charge in [0.2, 0.25) is 5.91 Å². The van der Waals surface area contributed by atoms with Gasteiger partial charge in [0, 0.05) is 19.6 Å². The van der Waals surface area contributed by atoms with Gasteiger partial charge in [-0.15, -0.1) is 0 Å². The lowest BCUT2D eigenvalue weighted by Gasteiger charge is -2.46. The van der Waals surface area contributed by atoms with E-state index in [-0.39, 0.29) is 11.4 Å². The second-order valence-corrected chi connectivity index (χ2v) is 5.36. The maximum absolute atomic E-state index is 12.6. The van der Waals surface area contributed by atoms with Crippen molar-refractivity contribution in [3.63, 3.8) is 0 Å². The second kappa shape index (κ2) is 6.88. The molecule has 19 heavy (non-hydrogen) atoms. The van der Waals surface area contributed by atoms with Crippen LogP contribution < -0.4 is 5.32 Å². The number of nitrogens with one attached hydrogen (secondary N) is 1. The first kappa shape index (κ1) is 14.3. The monoisotopic (exact) mass is 265 g/mol. The van der Waals surface area contributed by atoms with Gasteiger partial charge in [0.05, 0.1) is 25.7 Å². The molecule has 0 spiro atoms. The fourth-order valence-electron chi connectivity index (χ4n) is 3.21. The van der Waals surface area contributed by atoms with Crippen molar-refractivity contribution < 1.29 is 9.53 Å². The zero-order valence-electron chi connectivity index (χ0n) is 11.5. The minimum atomic E-state index is -0.350. The molecule has 1 saturated carbocycles. The van der Waals surface area contributed by atoms with Gasteiger partial charge in [-0.2, -0.15) is 5.26 Å². The summed E-state index contributed by atoms with van der Waals surface area (Å²) in [6.07, 6.45) is 5.70. The van der Waals surface area contributed by atoms with E-state index in [9.17, 15) is 4.79 Å². The number of rotatable bonds is 4. The highest BCUT2D eigenvalue weighted by Crippen LogP contribution is 2.34. The lowest BCUT2D eigenvalue weighted by molar-refractivity contribution is -0.140. The lowest BCUT2D eigenvalue weighted by Crippen LogP contribution is -2.62. The largest absolute Gasteiger partial charge is 0.379 e. The third kappa shape index (κ3) is 3.26. The zero-order valence-corrected chi connectivity index (χ0v) is 11.5. The van der Waals surface area contributed by atoms with Gasteiger partial charge in [-0.1, -0.05) is 19.3 Å². The van der Waals surface area contributed by atoms with Crippen LogP contribution in [-0.2, 0) is 9.53 Å². The average Bonchev–Trinajstić information content (AvgIpc) is 2.49. The van der Waals surface area contributed by atoms with Crippen LogP contribution in [0.1, 0.15) is 38.5 Å². The predicted octanol–water partition coefficient (Wildman–Crippen LogP) is 1.05. The molecule has 1 saturated heterocycles. The molecule has 1 aliphatic heterocycles. The topological polar surface area (TPSA) is 65.4 Å². The Balaban J connectivity index is 2.04. The van der Waals surface area contributed by atoms with E-state index in [1.165, 1.54) is 6.42 Å². The van der Waals surface area contributed by atoms with Crippen LogP contribution in [0, 0.1) is 11.3 Å². The molecule has 2 aliphatic rings. The minimum Gasteiger partial charge on any atom is -0.379 e. The van der Waals surface area contributed by atoms with Crippen LogP contribution in [0.25, 0.3) is 0 Å². The van der Waals surface area contributed by atoms with Crippen molar-refractivity contribution in [2.45, 2.75) is 44.1 Å². The molecule has 1 amide bonds. The Morgan fingerprint density at radius 3 is 2.58 bits per heavy atom. The van der Waals surface area contributed by atoms with Crippen LogP contribution in [0.4, 0.5) is 0 Å². The van der Waals surface area contributed by atoms with Crippen molar-refractivity contribution in [1.29, 1.82) is 5.26 Å². The maximum Gasteiger partial charge on any atom is 0.240 e. The van der Waals surface area contributed by atoms with E-state index in [0.29, 0.717) is 26.2 Å². The molecular formula is C14H23N3O2. The van der Waals surface area contributed by atoms with Crippen molar-refractivity contribution in [3.8, 4) is 6.07 Å². The van der Waals surface area contributed by atoms with E-state index < -0.39 is 0 Å². The molecular weight excluding hydrogens is 242 g/mol. The molecule has 1 N–H and O–H groups in total. The molecule has 1 aliphatic carbocycles. The van der Waals surface area contributed by atoms with Gasteiger partial charge in [-0.3, -0.25) is 9.69 Å². The van der Waals surface area contributed by atoms with Gasteiger partial charge in [0.1, 0.15) is 5.54 Å². The molecule has 0 aromatic carbocycles. The van der Waals surface area contributed by atoms with E-state index in [0.717, 1.165) is 38.8 Å². The molecule has 0 aromatic rings. The Labute approximate surface area is 114 Å². The third-order valence-electron chi connectivity index (χ3n) is 4.24. The number of nitriles is 1. The van der Waals surface area contributed by atoms with Gasteiger partial charge in [-0.05, 0) is 12.8 Å². The summed E-state index contributed by atoms with van der Waals surface area (Å²) in [5, 5.41) is 11.5. The number of morpholine rings is 1.